The van der Waals surface area contributed by atoms with E-state index in [-0.39, 0.29) is 55.1 Å². The predicted octanol–water partition coefficient (Wildman–Crippen LogP) is 1.36. The first-order valence-corrected chi connectivity index (χ1v) is 7.93. The Morgan fingerprint density at radius 1 is 1.33 bits per heavy atom. The molecule has 1 heterocycles. The summed E-state index contributed by atoms with van der Waals surface area (Å²) in [6, 6.07) is 4.16. The van der Waals surface area contributed by atoms with Gasteiger partial charge < -0.3 is 14.9 Å². The lowest BCUT2D eigenvalue weighted by Crippen LogP contribution is -2.32. The van der Waals surface area contributed by atoms with Crippen LogP contribution >= 0.6 is 0 Å². The average molecular weight is 335 g/mol. The van der Waals surface area contributed by atoms with E-state index in [4.69, 9.17) is 4.74 Å². The molecule has 1 aromatic carbocycles. The average Bonchev–Trinajstić information content (AvgIpc) is 2.78. The van der Waals surface area contributed by atoms with E-state index in [2.05, 4.69) is 0 Å². The van der Waals surface area contributed by atoms with Crippen molar-refractivity contribution < 1.29 is 29.3 Å². The third-order valence-electron chi connectivity index (χ3n) is 3.94. The van der Waals surface area contributed by atoms with Crippen molar-refractivity contribution in [2.75, 3.05) is 13.2 Å². The Labute approximate surface area is 139 Å². The summed E-state index contributed by atoms with van der Waals surface area (Å²) in [5.74, 6) is -1.61. The first kappa shape index (κ1) is 17.8. The third kappa shape index (κ3) is 4.24. The summed E-state index contributed by atoms with van der Waals surface area (Å²) in [7, 11) is 0. The Morgan fingerprint density at radius 3 is 2.75 bits per heavy atom. The topological polar surface area (TPSA) is 104 Å². The van der Waals surface area contributed by atoms with Gasteiger partial charge in [0.25, 0.3) is 0 Å². The van der Waals surface area contributed by atoms with Crippen molar-refractivity contribution in [1.82, 2.24) is 4.90 Å². The van der Waals surface area contributed by atoms with Crippen LogP contribution in [0.25, 0.3) is 0 Å². The predicted molar refractivity (Wildman–Crippen MR) is 84.2 cm³/mol. The monoisotopic (exact) mass is 335 g/mol. The lowest BCUT2D eigenvalue weighted by Gasteiger charge is -2.15. The molecule has 0 spiro atoms. The zero-order chi connectivity index (χ0) is 17.7. The molecule has 1 unspecified atom stereocenters. The maximum Gasteiger partial charge on any atom is 0.305 e. The Balaban J connectivity index is 1.92. The summed E-state index contributed by atoms with van der Waals surface area (Å²) in [5, 5.41) is 19.1. The van der Waals surface area contributed by atoms with E-state index in [0.29, 0.717) is 18.6 Å². The number of imide groups is 1. The fraction of sp³-hybridized carbons (Fsp3) is 0.471. The molecule has 130 valence electrons. The Hall–Kier alpha value is -2.57. The van der Waals surface area contributed by atoms with Crippen LogP contribution in [-0.4, -0.2) is 46.0 Å². The fourth-order valence-electron chi connectivity index (χ4n) is 2.75. The first-order chi connectivity index (χ1) is 11.4. The number of nitrogens with zero attached hydrogens (tertiary/aromatic N) is 1. The molecule has 1 fully saturated rings. The zero-order valence-corrected chi connectivity index (χ0v) is 13.5. The van der Waals surface area contributed by atoms with Crippen molar-refractivity contribution >= 4 is 17.8 Å². The molecule has 1 atom stereocenters. The Bertz CT molecular complexity index is 642. The SMILES string of the molecule is CCOC(=O)CCCN1C(=O)CC(Cc2ccc(O)cc2O)C1=O. The molecule has 2 rings (SSSR count). The highest BCUT2D eigenvalue weighted by Gasteiger charge is 2.38. The van der Waals surface area contributed by atoms with Gasteiger partial charge in [0.1, 0.15) is 11.5 Å². The quantitative estimate of drug-likeness (QED) is 0.576. The van der Waals surface area contributed by atoms with Crippen LogP contribution < -0.4 is 0 Å². The van der Waals surface area contributed by atoms with Gasteiger partial charge in [0.2, 0.25) is 11.8 Å². The molecule has 7 nitrogen and oxygen atoms in total. The molecule has 1 aliphatic rings. The van der Waals surface area contributed by atoms with Gasteiger partial charge in [-0.15, -0.1) is 0 Å². The van der Waals surface area contributed by atoms with Crippen LogP contribution in [-0.2, 0) is 25.5 Å². The highest BCUT2D eigenvalue weighted by molar-refractivity contribution is 6.03. The summed E-state index contributed by atoms with van der Waals surface area (Å²) in [5.41, 5.74) is 0.507. The first-order valence-electron chi connectivity index (χ1n) is 7.93. The van der Waals surface area contributed by atoms with Crippen LogP contribution in [0, 0.1) is 5.92 Å². The van der Waals surface area contributed by atoms with Crippen molar-refractivity contribution in [1.29, 1.82) is 0 Å². The molecule has 7 heteroatoms. The number of carbonyl (C=O) groups is 3. The number of rotatable bonds is 7. The number of hydrogen-bond donors (Lipinski definition) is 2. The standard InChI is InChI=1S/C17H21NO6/c1-2-24-16(22)4-3-7-18-15(21)9-12(17(18)23)8-11-5-6-13(19)10-14(11)20/h5-6,10,12,19-20H,2-4,7-9H2,1H3. The normalized spacial score (nSPS) is 17.4. The number of hydrogen-bond acceptors (Lipinski definition) is 6. The number of phenolic OH excluding ortho intramolecular Hbond substituents is 2. The largest absolute Gasteiger partial charge is 0.508 e. The second-order valence-electron chi connectivity index (χ2n) is 5.71. The summed E-state index contributed by atoms with van der Waals surface area (Å²) in [4.78, 5) is 36.8. The van der Waals surface area contributed by atoms with Gasteiger partial charge in [-0.25, -0.2) is 0 Å². The highest BCUT2D eigenvalue weighted by atomic mass is 16.5. The highest BCUT2D eigenvalue weighted by Crippen LogP contribution is 2.29. The molecular formula is C17H21NO6. The summed E-state index contributed by atoms with van der Waals surface area (Å²) >= 11 is 0. The van der Waals surface area contributed by atoms with Crippen molar-refractivity contribution in [2.24, 2.45) is 5.92 Å². The molecule has 0 aliphatic carbocycles. The van der Waals surface area contributed by atoms with Crippen molar-refractivity contribution in [3.63, 3.8) is 0 Å². The summed E-state index contributed by atoms with van der Waals surface area (Å²) in [6.07, 6.45) is 0.839. The molecule has 0 aromatic heterocycles. The van der Waals surface area contributed by atoms with Gasteiger partial charge in [-0.3, -0.25) is 19.3 Å². The van der Waals surface area contributed by atoms with E-state index in [1.54, 1.807) is 6.92 Å². The number of benzene rings is 1. The van der Waals surface area contributed by atoms with Crippen LogP contribution in [0.2, 0.25) is 0 Å². The van der Waals surface area contributed by atoms with Gasteiger partial charge >= 0.3 is 5.97 Å². The second kappa shape index (κ2) is 7.81. The van der Waals surface area contributed by atoms with Gasteiger partial charge in [-0.2, -0.15) is 0 Å². The molecule has 1 saturated heterocycles. The molecule has 0 saturated carbocycles. The molecule has 0 radical (unpaired) electrons. The molecule has 1 aliphatic heterocycles. The molecule has 2 amide bonds. The maximum absolute atomic E-state index is 12.4. The number of carbonyl (C=O) groups excluding carboxylic acids is 3. The van der Waals surface area contributed by atoms with Gasteiger partial charge in [0, 0.05) is 25.5 Å². The minimum Gasteiger partial charge on any atom is -0.508 e. The number of esters is 1. The second-order valence-corrected chi connectivity index (χ2v) is 5.71. The molecular weight excluding hydrogens is 314 g/mol. The zero-order valence-electron chi connectivity index (χ0n) is 13.5. The summed E-state index contributed by atoms with van der Waals surface area (Å²) < 4.78 is 4.81. The van der Waals surface area contributed by atoms with Gasteiger partial charge in [0.05, 0.1) is 12.5 Å². The fourth-order valence-corrected chi connectivity index (χ4v) is 2.75. The lowest BCUT2D eigenvalue weighted by molar-refractivity contribution is -0.145. The van der Waals surface area contributed by atoms with E-state index in [1.807, 2.05) is 0 Å². The Kier molecular flexibility index (Phi) is 5.78. The Morgan fingerprint density at radius 2 is 2.08 bits per heavy atom. The third-order valence-corrected chi connectivity index (χ3v) is 3.94. The summed E-state index contributed by atoms with van der Waals surface area (Å²) in [6.45, 7) is 2.21. The van der Waals surface area contributed by atoms with E-state index < -0.39 is 5.92 Å². The van der Waals surface area contributed by atoms with Crippen LogP contribution in [0.5, 0.6) is 11.5 Å². The molecule has 2 N–H and O–H groups in total. The van der Waals surface area contributed by atoms with Crippen LogP contribution in [0.15, 0.2) is 18.2 Å². The van der Waals surface area contributed by atoms with Gasteiger partial charge in [-0.1, -0.05) is 6.07 Å². The van der Waals surface area contributed by atoms with E-state index in [9.17, 15) is 24.6 Å². The van der Waals surface area contributed by atoms with E-state index >= 15 is 0 Å². The van der Waals surface area contributed by atoms with E-state index in [0.717, 1.165) is 0 Å². The number of amides is 2. The smallest absolute Gasteiger partial charge is 0.305 e. The van der Waals surface area contributed by atoms with Gasteiger partial charge in [0.15, 0.2) is 0 Å². The molecule has 0 bridgehead atoms. The van der Waals surface area contributed by atoms with Gasteiger partial charge in [-0.05, 0) is 31.4 Å². The van der Waals surface area contributed by atoms with Crippen molar-refractivity contribution in [3.05, 3.63) is 23.8 Å². The molecule has 24 heavy (non-hydrogen) atoms. The number of likely N-dealkylation sites (tertiary alicyclic amines) is 1. The number of aromatic hydroxyl groups is 2. The number of phenols is 2. The minimum atomic E-state index is -0.532. The molecule has 1 aromatic rings. The van der Waals surface area contributed by atoms with Crippen molar-refractivity contribution in [3.8, 4) is 11.5 Å². The minimum absolute atomic E-state index is 0.0642. The lowest BCUT2D eigenvalue weighted by atomic mass is 9.97. The van der Waals surface area contributed by atoms with Crippen molar-refractivity contribution in [2.45, 2.75) is 32.6 Å². The van der Waals surface area contributed by atoms with E-state index in [1.165, 1.54) is 23.1 Å². The maximum atomic E-state index is 12.4. The van der Waals surface area contributed by atoms with Crippen LogP contribution in [0.3, 0.4) is 0 Å². The van der Waals surface area contributed by atoms with Crippen LogP contribution in [0.1, 0.15) is 31.7 Å². The number of ether oxygens (including phenoxy) is 1. The van der Waals surface area contributed by atoms with Crippen LogP contribution in [0.4, 0.5) is 0 Å².